The Morgan fingerprint density at radius 2 is 1.65 bits per heavy atom. The Labute approximate surface area is 207 Å². The van der Waals surface area contributed by atoms with Gasteiger partial charge in [0.1, 0.15) is 42.2 Å². The van der Waals surface area contributed by atoms with E-state index >= 15 is 4.39 Å². The van der Waals surface area contributed by atoms with E-state index in [0.29, 0.717) is 0 Å². The fraction of sp³-hybridized carbons (Fsp3) is 0.789. The van der Waals surface area contributed by atoms with E-state index in [-0.39, 0.29) is 12.8 Å². The number of nitrogens with zero attached hydrogens (tertiary/aromatic N) is 2. The fourth-order valence-corrected chi connectivity index (χ4v) is 7.33. The lowest BCUT2D eigenvalue weighted by Crippen LogP contribution is -2.95. The highest BCUT2D eigenvalue weighted by molar-refractivity contribution is 7.47. The number of aliphatic hydroxyl groups is 2. The molecule has 4 bridgehead atoms. The van der Waals surface area contributed by atoms with E-state index in [1.165, 1.54) is 0 Å². The topological polar surface area (TPSA) is 214 Å². The van der Waals surface area contributed by atoms with Gasteiger partial charge in [0.05, 0.1) is 25.4 Å². The molecule has 204 valence electrons. The smallest absolute Gasteiger partial charge is 0.394 e. The summed E-state index contributed by atoms with van der Waals surface area (Å²) in [5.41, 5.74) is -5.19. The molecule has 0 aromatic rings. The minimum absolute atomic E-state index is 0.294. The molecule has 5 saturated heterocycles. The molecule has 6 fully saturated rings. The van der Waals surface area contributed by atoms with Crippen molar-refractivity contribution in [1.82, 2.24) is 20.4 Å². The summed E-state index contributed by atoms with van der Waals surface area (Å²) < 4.78 is 50.9. The second-order valence-electron chi connectivity index (χ2n) is 10.0. The summed E-state index contributed by atoms with van der Waals surface area (Å²) in [6, 6.07) is -5.27. The summed E-state index contributed by atoms with van der Waals surface area (Å²) in [5, 5.41) is 24.2. The first-order valence-electron chi connectivity index (χ1n) is 11.6. The molecule has 11 unspecified atom stereocenters. The van der Waals surface area contributed by atoms with Crippen molar-refractivity contribution in [2.75, 3.05) is 13.2 Å². The number of halogens is 1. The number of imide groups is 2. The standard InChI is InChI=1S/C19H24FN4O12P/c1-18-12-13-19(18,20)15(28)22-17(30)24(13)10-2-6(26)9(35-10)5-33-37(31,32)36-7-3-11(34-8(7)4-25)23(12)16(29)21-14(18)27/h6-13,25-26H,2-5H2,1H3,(H,31,32)(H,21,27,29)(H,22,28,30). The molecule has 1 aliphatic carbocycles. The lowest BCUT2D eigenvalue weighted by Gasteiger charge is -2.69. The molecule has 1 saturated carbocycles. The van der Waals surface area contributed by atoms with E-state index in [4.69, 9.17) is 18.5 Å². The third kappa shape index (κ3) is 3.16. The van der Waals surface area contributed by atoms with E-state index in [1.807, 2.05) is 10.6 Å². The molecule has 6 rings (SSSR count). The molecule has 37 heavy (non-hydrogen) atoms. The molecule has 0 radical (unpaired) electrons. The molecular formula is C19H24FN4O12P. The maximum Gasteiger partial charge on any atom is 0.472 e. The number of carbonyl (C=O) groups excluding carboxylic acids is 4. The van der Waals surface area contributed by atoms with Crippen molar-refractivity contribution >= 4 is 31.7 Å². The predicted octanol–water partition coefficient (Wildman–Crippen LogP) is -2.35. The quantitative estimate of drug-likeness (QED) is 0.217. The largest absolute Gasteiger partial charge is 0.472 e. The van der Waals surface area contributed by atoms with Crippen LogP contribution in [0, 0.1) is 5.41 Å². The Kier molecular flexibility index (Phi) is 5.34. The average molecular weight is 550 g/mol. The molecule has 11 atom stereocenters. The Balaban J connectivity index is 1.49. The van der Waals surface area contributed by atoms with Gasteiger partial charge in [-0.25, -0.2) is 18.5 Å². The second kappa shape index (κ2) is 7.89. The van der Waals surface area contributed by atoms with Gasteiger partial charge in [0, 0.05) is 12.8 Å². The first-order valence-corrected chi connectivity index (χ1v) is 13.0. The summed E-state index contributed by atoms with van der Waals surface area (Å²) in [4.78, 5) is 63.9. The van der Waals surface area contributed by atoms with Crippen LogP contribution in [0.15, 0.2) is 0 Å². The summed E-state index contributed by atoms with van der Waals surface area (Å²) in [6.07, 6.45) is -8.37. The normalized spacial score (nSPS) is 51.2. The van der Waals surface area contributed by atoms with Crippen LogP contribution in [-0.2, 0) is 32.7 Å². The first-order chi connectivity index (χ1) is 17.3. The summed E-state index contributed by atoms with van der Waals surface area (Å²) in [6.45, 7) is -0.220. The zero-order valence-electron chi connectivity index (χ0n) is 19.2. The summed E-state index contributed by atoms with van der Waals surface area (Å²) in [7, 11) is -4.80. The van der Waals surface area contributed by atoms with Gasteiger partial charge < -0.3 is 24.6 Å². The lowest BCUT2D eigenvalue weighted by atomic mass is 9.48. The van der Waals surface area contributed by atoms with Crippen LogP contribution in [0.5, 0.6) is 0 Å². The lowest BCUT2D eigenvalue weighted by molar-refractivity contribution is -0.250. The maximum atomic E-state index is 16.7. The highest BCUT2D eigenvalue weighted by atomic mass is 31.2. The van der Waals surface area contributed by atoms with Crippen molar-refractivity contribution in [2.24, 2.45) is 5.41 Å². The first kappa shape index (κ1) is 25.1. The Morgan fingerprint density at radius 1 is 1.03 bits per heavy atom. The van der Waals surface area contributed by atoms with Gasteiger partial charge >= 0.3 is 19.9 Å². The molecule has 0 aromatic heterocycles. The molecule has 0 aromatic carbocycles. The van der Waals surface area contributed by atoms with Crippen LogP contribution in [0.4, 0.5) is 14.0 Å². The molecule has 5 N–H and O–H groups in total. The van der Waals surface area contributed by atoms with Crippen LogP contribution in [0.25, 0.3) is 0 Å². The van der Waals surface area contributed by atoms with E-state index in [0.717, 1.165) is 16.7 Å². The van der Waals surface area contributed by atoms with Crippen LogP contribution in [0.2, 0.25) is 0 Å². The van der Waals surface area contributed by atoms with Crippen molar-refractivity contribution in [3.05, 3.63) is 0 Å². The SMILES string of the molecule is CC12C(=O)NC(=O)N3C4CC(OP(=O)(O)OCC5OC(CC5O)N5C(=O)NC(=O)C1(F)C5C32)C(CO)O4. The number of urea groups is 2. The zero-order chi connectivity index (χ0) is 26.7. The zero-order valence-corrected chi connectivity index (χ0v) is 20.1. The Morgan fingerprint density at radius 3 is 2.32 bits per heavy atom. The third-order valence-electron chi connectivity index (χ3n) is 8.22. The number of ether oxygens (including phenoxy) is 2. The van der Waals surface area contributed by atoms with E-state index in [1.54, 1.807) is 0 Å². The highest BCUT2D eigenvalue weighted by Gasteiger charge is 2.86. The number of carbonyl (C=O) groups is 4. The van der Waals surface area contributed by atoms with Gasteiger partial charge in [0.15, 0.2) is 0 Å². The molecule has 5 heterocycles. The van der Waals surface area contributed by atoms with Gasteiger partial charge in [-0.15, -0.1) is 0 Å². The maximum absolute atomic E-state index is 16.7. The van der Waals surface area contributed by atoms with Gasteiger partial charge in [-0.3, -0.25) is 39.1 Å². The highest BCUT2D eigenvalue weighted by Crippen LogP contribution is 2.61. The number of hydrogen-bond acceptors (Lipinski definition) is 11. The molecule has 18 heteroatoms. The fourth-order valence-electron chi connectivity index (χ4n) is 6.37. The van der Waals surface area contributed by atoms with Gasteiger partial charge in [-0.05, 0) is 6.92 Å². The molecule has 0 spiro atoms. The number of hydrogen-bond donors (Lipinski definition) is 5. The number of fused-ring (bicyclic) bond motifs is 7. The molecule has 6 aliphatic rings. The van der Waals surface area contributed by atoms with Gasteiger partial charge in [-0.2, -0.15) is 0 Å². The van der Waals surface area contributed by atoms with Crippen LogP contribution in [0.3, 0.4) is 0 Å². The number of nitrogens with one attached hydrogen (secondary N) is 2. The van der Waals surface area contributed by atoms with E-state index in [9.17, 15) is 38.8 Å². The van der Waals surface area contributed by atoms with Crippen molar-refractivity contribution < 1.29 is 61.8 Å². The van der Waals surface area contributed by atoms with E-state index in [2.05, 4.69) is 0 Å². The Hall–Kier alpha value is -2.24. The molecule has 6 amide bonds. The van der Waals surface area contributed by atoms with Crippen molar-refractivity contribution in [3.8, 4) is 0 Å². The predicted molar refractivity (Wildman–Crippen MR) is 111 cm³/mol. The molecular weight excluding hydrogens is 526 g/mol. The van der Waals surface area contributed by atoms with E-state index < -0.39 is 105 Å². The second-order valence-corrected chi connectivity index (χ2v) is 11.4. The van der Waals surface area contributed by atoms with Crippen molar-refractivity contribution in [2.45, 2.75) is 74.4 Å². The number of aliphatic hydroxyl groups excluding tert-OH is 2. The third-order valence-corrected chi connectivity index (χ3v) is 9.23. The molecule has 5 aliphatic heterocycles. The summed E-state index contributed by atoms with van der Waals surface area (Å²) in [5.74, 6) is -2.46. The number of phosphoric ester groups is 1. The number of phosphoric acid groups is 1. The number of amides is 6. The minimum atomic E-state index is -4.80. The number of alkyl halides is 1. The van der Waals surface area contributed by atoms with Crippen molar-refractivity contribution in [1.29, 1.82) is 0 Å². The van der Waals surface area contributed by atoms with Crippen molar-refractivity contribution in [3.63, 3.8) is 0 Å². The summed E-state index contributed by atoms with van der Waals surface area (Å²) >= 11 is 0. The average Bonchev–Trinajstić information content (AvgIpc) is 3.38. The van der Waals surface area contributed by atoms with Gasteiger partial charge in [-0.1, -0.05) is 0 Å². The van der Waals surface area contributed by atoms with Crippen LogP contribution in [-0.4, -0.2) is 117 Å². The van der Waals surface area contributed by atoms with Crippen LogP contribution >= 0.6 is 7.82 Å². The van der Waals surface area contributed by atoms with Gasteiger partial charge in [0.25, 0.3) is 5.91 Å². The monoisotopic (exact) mass is 550 g/mol. The van der Waals surface area contributed by atoms with Crippen LogP contribution in [0.1, 0.15) is 19.8 Å². The van der Waals surface area contributed by atoms with Gasteiger partial charge in [0.2, 0.25) is 11.6 Å². The van der Waals surface area contributed by atoms with Crippen LogP contribution < -0.4 is 10.6 Å². The minimum Gasteiger partial charge on any atom is -0.394 e. The number of rotatable bonds is 1. The molecule has 16 nitrogen and oxygen atoms in total. The Bertz CT molecular complexity index is 1140.